The van der Waals surface area contributed by atoms with Gasteiger partial charge in [-0.15, -0.1) is 0 Å². The molecule has 0 radical (unpaired) electrons. The quantitative estimate of drug-likeness (QED) is 0.620. The van der Waals surface area contributed by atoms with Crippen molar-refractivity contribution < 1.29 is 0 Å². The van der Waals surface area contributed by atoms with Gasteiger partial charge in [0.25, 0.3) is 0 Å². The van der Waals surface area contributed by atoms with Gasteiger partial charge in [0.1, 0.15) is 11.2 Å². The van der Waals surface area contributed by atoms with E-state index in [9.17, 15) is 0 Å². The Balaban J connectivity index is 3.39. The number of hydrogen-bond acceptors (Lipinski definition) is 2. The summed E-state index contributed by atoms with van der Waals surface area (Å²) in [5.74, 6) is 0. The van der Waals surface area contributed by atoms with E-state index < -0.39 is 0 Å². The number of nitriles is 1. The summed E-state index contributed by atoms with van der Waals surface area (Å²) in [5, 5.41) is 8.91. The Hall–Kier alpha value is -1.33. The zero-order valence-electron chi connectivity index (χ0n) is 6.63. The number of nitrogens with zero attached hydrogens (tertiary/aromatic N) is 2. The molecule has 0 amide bonds. The molecule has 1 rings (SSSR count). The van der Waals surface area contributed by atoms with E-state index in [0.717, 1.165) is 5.56 Å². The summed E-state index contributed by atoms with van der Waals surface area (Å²) < 4.78 is 0. The minimum atomic E-state index is 0.243. The van der Waals surface area contributed by atoms with E-state index in [4.69, 9.17) is 16.9 Å². The van der Waals surface area contributed by atoms with Crippen LogP contribution in [-0.2, 0) is 0 Å². The van der Waals surface area contributed by atoms with Crippen molar-refractivity contribution in [2.24, 2.45) is 0 Å². The number of hydrogen-bond donors (Lipinski definition) is 0. The van der Waals surface area contributed by atoms with Crippen molar-refractivity contribution in [3.05, 3.63) is 34.6 Å². The molecule has 0 bridgehead atoms. The van der Waals surface area contributed by atoms with Gasteiger partial charge in [0, 0.05) is 0 Å². The normalized spacial score (nSPS) is 9.08. The van der Waals surface area contributed by atoms with Crippen LogP contribution in [0.5, 0.6) is 0 Å². The van der Waals surface area contributed by atoms with E-state index >= 15 is 0 Å². The molecule has 3 heteroatoms. The van der Waals surface area contributed by atoms with E-state index in [1.807, 2.05) is 13.0 Å². The first-order valence-corrected chi connectivity index (χ1v) is 3.76. The molecular formula is C9H7ClN2. The zero-order chi connectivity index (χ0) is 9.14. The number of aromatic nitrogens is 1. The summed E-state index contributed by atoms with van der Waals surface area (Å²) >= 11 is 5.73. The molecule has 0 aliphatic carbocycles. The molecule has 0 spiro atoms. The van der Waals surface area contributed by atoms with Gasteiger partial charge in [0.15, 0.2) is 0 Å². The minimum absolute atomic E-state index is 0.243. The second-order valence-electron chi connectivity index (χ2n) is 2.35. The predicted octanol–water partition coefficient (Wildman–Crippen LogP) is 2.56. The lowest BCUT2D eigenvalue weighted by Crippen LogP contribution is -1.90. The Kier molecular flexibility index (Phi) is 2.47. The SMILES string of the molecule is C=Cc1cc(C)c(C#N)c(Cl)n1. The Labute approximate surface area is 76.1 Å². The van der Waals surface area contributed by atoms with Crippen molar-refractivity contribution in [2.45, 2.75) is 6.92 Å². The molecule has 1 aromatic rings. The summed E-state index contributed by atoms with van der Waals surface area (Å²) in [6.07, 6.45) is 1.60. The summed E-state index contributed by atoms with van der Waals surface area (Å²) in [7, 11) is 0. The van der Waals surface area contributed by atoms with Crippen LogP contribution >= 0.6 is 11.6 Å². The number of pyridine rings is 1. The van der Waals surface area contributed by atoms with Gasteiger partial charge in [-0.05, 0) is 24.6 Å². The van der Waals surface area contributed by atoms with Gasteiger partial charge in [-0.2, -0.15) is 5.26 Å². The summed E-state index contributed by atoms with van der Waals surface area (Å²) in [4.78, 5) is 3.95. The van der Waals surface area contributed by atoms with Gasteiger partial charge in [-0.25, -0.2) is 4.98 Å². The van der Waals surface area contributed by atoms with Crippen LogP contribution in [0.3, 0.4) is 0 Å². The Morgan fingerprint density at radius 2 is 2.42 bits per heavy atom. The number of rotatable bonds is 1. The number of halogens is 1. The van der Waals surface area contributed by atoms with Crippen molar-refractivity contribution in [1.82, 2.24) is 4.98 Å². The van der Waals surface area contributed by atoms with Crippen molar-refractivity contribution in [1.29, 1.82) is 5.26 Å². The lowest BCUT2D eigenvalue weighted by Gasteiger charge is -2.00. The van der Waals surface area contributed by atoms with Crippen molar-refractivity contribution >= 4 is 17.7 Å². The maximum atomic E-state index is 8.66. The molecule has 1 aromatic heterocycles. The monoisotopic (exact) mass is 178 g/mol. The van der Waals surface area contributed by atoms with Crippen LogP contribution in [0.25, 0.3) is 6.08 Å². The van der Waals surface area contributed by atoms with Gasteiger partial charge < -0.3 is 0 Å². The van der Waals surface area contributed by atoms with E-state index in [0.29, 0.717) is 11.3 Å². The minimum Gasteiger partial charge on any atom is -0.235 e. The Morgan fingerprint density at radius 3 is 2.83 bits per heavy atom. The summed E-state index contributed by atoms with van der Waals surface area (Å²) in [6.45, 7) is 5.38. The molecule has 0 N–H and O–H groups in total. The molecule has 0 atom stereocenters. The topological polar surface area (TPSA) is 36.7 Å². The maximum absolute atomic E-state index is 8.66. The third-order valence-electron chi connectivity index (χ3n) is 1.51. The van der Waals surface area contributed by atoms with Crippen LogP contribution < -0.4 is 0 Å². The highest BCUT2D eigenvalue weighted by Gasteiger charge is 2.05. The fraction of sp³-hybridized carbons (Fsp3) is 0.111. The average Bonchev–Trinajstić information content (AvgIpc) is 2.03. The van der Waals surface area contributed by atoms with Crippen molar-refractivity contribution in [3.63, 3.8) is 0 Å². The predicted molar refractivity (Wildman–Crippen MR) is 48.8 cm³/mol. The molecule has 12 heavy (non-hydrogen) atoms. The molecule has 0 saturated heterocycles. The molecule has 2 nitrogen and oxygen atoms in total. The third-order valence-corrected chi connectivity index (χ3v) is 1.79. The maximum Gasteiger partial charge on any atom is 0.147 e. The Morgan fingerprint density at radius 1 is 1.75 bits per heavy atom. The molecule has 1 heterocycles. The van der Waals surface area contributed by atoms with Crippen molar-refractivity contribution in [3.8, 4) is 6.07 Å². The van der Waals surface area contributed by atoms with Crippen LogP contribution in [0.1, 0.15) is 16.8 Å². The molecule has 0 aromatic carbocycles. The lowest BCUT2D eigenvalue weighted by molar-refractivity contribution is 1.23. The van der Waals surface area contributed by atoms with Crippen molar-refractivity contribution in [2.75, 3.05) is 0 Å². The first-order valence-electron chi connectivity index (χ1n) is 3.38. The highest BCUT2D eigenvalue weighted by atomic mass is 35.5. The summed E-state index contributed by atoms with van der Waals surface area (Å²) in [6, 6.07) is 3.76. The highest BCUT2D eigenvalue weighted by Crippen LogP contribution is 2.17. The second kappa shape index (κ2) is 3.38. The lowest BCUT2D eigenvalue weighted by atomic mass is 10.1. The Bertz CT molecular complexity index is 340. The summed E-state index contributed by atoms with van der Waals surface area (Å²) in [5.41, 5.74) is 1.95. The molecular weight excluding hydrogens is 172 g/mol. The first-order chi connectivity index (χ1) is 5.69. The fourth-order valence-corrected chi connectivity index (χ4v) is 1.19. The van der Waals surface area contributed by atoms with Crippen LogP contribution in [0.2, 0.25) is 5.15 Å². The van der Waals surface area contributed by atoms with Gasteiger partial charge in [0.2, 0.25) is 0 Å². The third kappa shape index (κ3) is 1.46. The highest BCUT2D eigenvalue weighted by molar-refractivity contribution is 6.30. The molecule has 0 aliphatic rings. The average molecular weight is 179 g/mol. The van der Waals surface area contributed by atoms with Gasteiger partial charge in [0.05, 0.1) is 11.3 Å². The molecule has 0 unspecified atom stereocenters. The molecule has 0 aliphatic heterocycles. The van der Waals surface area contributed by atoms with Gasteiger partial charge >= 0.3 is 0 Å². The standard InChI is InChI=1S/C9H7ClN2/c1-3-7-4-6(2)8(5-11)9(10)12-7/h3-4H,1H2,2H3. The fourth-order valence-electron chi connectivity index (χ4n) is 0.897. The number of aryl methyl sites for hydroxylation is 1. The van der Waals surface area contributed by atoms with E-state index in [-0.39, 0.29) is 5.15 Å². The van der Waals surface area contributed by atoms with Crippen LogP contribution in [0.4, 0.5) is 0 Å². The zero-order valence-corrected chi connectivity index (χ0v) is 7.39. The molecule has 0 saturated carbocycles. The van der Waals surface area contributed by atoms with Crippen LogP contribution in [-0.4, -0.2) is 4.98 Å². The van der Waals surface area contributed by atoms with Gasteiger partial charge in [-0.1, -0.05) is 18.2 Å². The van der Waals surface area contributed by atoms with Crippen LogP contribution in [0.15, 0.2) is 12.6 Å². The van der Waals surface area contributed by atoms with Gasteiger partial charge in [-0.3, -0.25) is 0 Å². The van der Waals surface area contributed by atoms with E-state index in [1.165, 1.54) is 0 Å². The first kappa shape index (κ1) is 8.76. The smallest absolute Gasteiger partial charge is 0.147 e. The van der Waals surface area contributed by atoms with Crippen LogP contribution in [0, 0.1) is 18.3 Å². The van der Waals surface area contributed by atoms with E-state index in [1.54, 1.807) is 12.1 Å². The largest absolute Gasteiger partial charge is 0.235 e. The molecule has 0 fully saturated rings. The second-order valence-corrected chi connectivity index (χ2v) is 2.70. The van der Waals surface area contributed by atoms with E-state index in [2.05, 4.69) is 11.6 Å². The molecule has 60 valence electrons.